The van der Waals surface area contributed by atoms with Gasteiger partial charge in [-0.25, -0.2) is 8.42 Å². The van der Waals surface area contributed by atoms with E-state index < -0.39 is 10.0 Å². The van der Waals surface area contributed by atoms with Gasteiger partial charge in [0.1, 0.15) is 16.9 Å². The van der Waals surface area contributed by atoms with Crippen LogP contribution in [-0.4, -0.2) is 39.2 Å². The number of methoxy groups -OCH3 is 1. The van der Waals surface area contributed by atoms with Crippen LogP contribution in [0, 0.1) is 5.92 Å². The summed E-state index contributed by atoms with van der Waals surface area (Å²) in [7, 11) is -2.21. The number of hydrogen-bond acceptors (Lipinski definition) is 4. The number of carbonyl (C=O) groups is 1. The maximum Gasteiger partial charge on any atom is 0.246 e. The van der Waals surface area contributed by atoms with Gasteiger partial charge >= 0.3 is 0 Å². The van der Waals surface area contributed by atoms with Crippen LogP contribution in [0.1, 0.15) is 12.8 Å². The zero-order valence-electron chi connectivity index (χ0n) is 11.1. The lowest BCUT2D eigenvalue weighted by Gasteiger charge is -2.29. The molecule has 1 unspecified atom stereocenters. The maximum atomic E-state index is 12.7. The third-order valence-corrected chi connectivity index (χ3v) is 5.74. The molecule has 1 aromatic rings. The molecule has 0 saturated carbocycles. The Morgan fingerprint density at radius 1 is 1.45 bits per heavy atom. The van der Waals surface area contributed by atoms with E-state index >= 15 is 0 Å². The molecule has 1 fully saturated rings. The summed E-state index contributed by atoms with van der Waals surface area (Å²) in [6, 6.07) is 4.86. The average molecular weight is 362 g/mol. The van der Waals surface area contributed by atoms with Gasteiger partial charge in [0.25, 0.3) is 0 Å². The summed E-state index contributed by atoms with van der Waals surface area (Å²) in [6.07, 6.45) is 2.27. The highest BCUT2D eigenvalue weighted by atomic mass is 79.9. The third kappa shape index (κ3) is 3.05. The van der Waals surface area contributed by atoms with Gasteiger partial charge in [-0.1, -0.05) is 15.9 Å². The summed E-state index contributed by atoms with van der Waals surface area (Å²) < 4.78 is 32.5. The number of aldehydes is 1. The molecule has 1 aromatic carbocycles. The Morgan fingerprint density at radius 2 is 2.20 bits per heavy atom. The topological polar surface area (TPSA) is 63.7 Å². The number of rotatable bonds is 4. The predicted octanol–water partition coefficient (Wildman–Crippen LogP) is 2.06. The first-order valence-corrected chi connectivity index (χ1v) is 8.51. The summed E-state index contributed by atoms with van der Waals surface area (Å²) in [4.78, 5) is 11.0. The lowest BCUT2D eigenvalue weighted by atomic mass is 10.0. The van der Waals surface area contributed by atoms with Crippen molar-refractivity contribution in [3.05, 3.63) is 22.7 Å². The van der Waals surface area contributed by atoms with E-state index in [9.17, 15) is 13.2 Å². The fourth-order valence-electron chi connectivity index (χ4n) is 2.29. The van der Waals surface area contributed by atoms with Crippen molar-refractivity contribution in [2.45, 2.75) is 17.7 Å². The number of piperidine rings is 1. The van der Waals surface area contributed by atoms with Gasteiger partial charge in [0.15, 0.2) is 0 Å². The molecule has 0 aromatic heterocycles. The molecule has 1 atom stereocenters. The van der Waals surface area contributed by atoms with E-state index in [1.807, 2.05) is 0 Å². The normalized spacial score (nSPS) is 20.6. The highest BCUT2D eigenvalue weighted by Crippen LogP contribution is 2.31. The van der Waals surface area contributed by atoms with Crippen molar-refractivity contribution in [1.82, 2.24) is 4.31 Å². The standard InChI is InChI=1S/C13H16BrNO4S/c1-19-12-5-4-11(14)7-13(12)20(17,18)15-6-2-3-10(8-15)9-16/h4-5,7,9-10H,2-3,6,8H2,1H3. The van der Waals surface area contributed by atoms with E-state index in [4.69, 9.17) is 4.74 Å². The summed E-state index contributed by atoms with van der Waals surface area (Å²) in [5, 5.41) is 0. The van der Waals surface area contributed by atoms with Crippen molar-refractivity contribution >= 4 is 32.2 Å². The molecule has 1 heterocycles. The zero-order chi connectivity index (χ0) is 14.8. The molecule has 0 aliphatic carbocycles. The first-order valence-electron chi connectivity index (χ1n) is 6.28. The Kier molecular flexibility index (Phi) is 4.82. The Balaban J connectivity index is 2.39. The summed E-state index contributed by atoms with van der Waals surface area (Å²) in [6.45, 7) is 0.670. The molecule has 110 valence electrons. The second-order valence-electron chi connectivity index (χ2n) is 4.70. The van der Waals surface area contributed by atoms with Crippen LogP contribution in [-0.2, 0) is 14.8 Å². The minimum atomic E-state index is -3.65. The molecule has 0 amide bonds. The smallest absolute Gasteiger partial charge is 0.246 e. The Bertz CT molecular complexity index is 602. The molecule has 1 saturated heterocycles. The number of sulfonamides is 1. The predicted molar refractivity (Wildman–Crippen MR) is 78.2 cm³/mol. The van der Waals surface area contributed by atoms with Gasteiger partial charge in [0, 0.05) is 23.5 Å². The van der Waals surface area contributed by atoms with Gasteiger partial charge in [0.05, 0.1) is 7.11 Å². The van der Waals surface area contributed by atoms with Crippen molar-refractivity contribution in [2.24, 2.45) is 5.92 Å². The van der Waals surface area contributed by atoms with Crippen LogP contribution >= 0.6 is 15.9 Å². The average Bonchev–Trinajstić information content (AvgIpc) is 2.47. The van der Waals surface area contributed by atoms with Crippen LogP contribution in [0.4, 0.5) is 0 Å². The van der Waals surface area contributed by atoms with Gasteiger partial charge in [-0.2, -0.15) is 4.31 Å². The second kappa shape index (κ2) is 6.24. The van der Waals surface area contributed by atoms with E-state index in [-0.39, 0.29) is 17.4 Å². The molecule has 1 aliphatic heterocycles. The van der Waals surface area contributed by atoms with Crippen molar-refractivity contribution in [3.8, 4) is 5.75 Å². The van der Waals surface area contributed by atoms with Crippen molar-refractivity contribution in [1.29, 1.82) is 0 Å². The summed E-state index contributed by atoms with van der Waals surface area (Å²) in [5.41, 5.74) is 0. The highest BCUT2D eigenvalue weighted by molar-refractivity contribution is 9.10. The fraction of sp³-hybridized carbons (Fsp3) is 0.462. The van der Waals surface area contributed by atoms with E-state index in [1.165, 1.54) is 17.5 Å². The van der Waals surface area contributed by atoms with Crippen LogP contribution in [0.15, 0.2) is 27.6 Å². The van der Waals surface area contributed by atoms with Crippen LogP contribution < -0.4 is 4.74 Å². The molecule has 2 rings (SSSR count). The number of halogens is 1. The molecule has 1 aliphatic rings. The van der Waals surface area contributed by atoms with Crippen LogP contribution in [0.2, 0.25) is 0 Å². The largest absolute Gasteiger partial charge is 0.495 e. The first kappa shape index (κ1) is 15.5. The SMILES string of the molecule is COc1ccc(Br)cc1S(=O)(=O)N1CCCC(C=O)C1. The Labute approximate surface area is 127 Å². The van der Waals surface area contributed by atoms with Crippen molar-refractivity contribution in [2.75, 3.05) is 20.2 Å². The lowest BCUT2D eigenvalue weighted by molar-refractivity contribution is -0.112. The molecule has 0 N–H and O–H groups in total. The summed E-state index contributed by atoms with van der Waals surface area (Å²) >= 11 is 3.27. The van der Waals surface area contributed by atoms with E-state index in [1.54, 1.807) is 12.1 Å². The van der Waals surface area contributed by atoms with Gasteiger partial charge in [0.2, 0.25) is 10.0 Å². The van der Waals surface area contributed by atoms with Crippen LogP contribution in [0.5, 0.6) is 5.75 Å². The summed E-state index contributed by atoms with van der Waals surface area (Å²) in [5.74, 6) is 0.0816. The molecule has 20 heavy (non-hydrogen) atoms. The highest BCUT2D eigenvalue weighted by Gasteiger charge is 2.32. The van der Waals surface area contributed by atoms with Crippen molar-refractivity contribution in [3.63, 3.8) is 0 Å². The third-order valence-electron chi connectivity index (χ3n) is 3.36. The first-order chi connectivity index (χ1) is 9.48. The fourth-order valence-corrected chi connectivity index (χ4v) is 4.52. The molecule has 0 spiro atoms. The zero-order valence-corrected chi connectivity index (χ0v) is 13.5. The maximum absolute atomic E-state index is 12.7. The van der Waals surface area contributed by atoms with Gasteiger partial charge < -0.3 is 9.53 Å². The number of hydrogen-bond donors (Lipinski definition) is 0. The molecule has 7 heteroatoms. The van der Waals surface area contributed by atoms with Crippen LogP contribution in [0.25, 0.3) is 0 Å². The molecule has 5 nitrogen and oxygen atoms in total. The van der Waals surface area contributed by atoms with E-state index in [0.29, 0.717) is 23.2 Å². The van der Waals surface area contributed by atoms with E-state index in [0.717, 1.165) is 12.7 Å². The van der Waals surface area contributed by atoms with Crippen LogP contribution in [0.3, 0.4) is 0 Å². The van der Waals surface area contributed by atoms with Gasteiger partial charge in [-0.3, -0.25) is 0 Å². The number of nitrogens with zero attached hydrogens (tertiary/aromatic N) is 1. The monoisotopic (exact) mass is 361 g/mol. The van der Waals surface area contributed by atoms with Gasteiger partial charge in [-0.05, 0) is 31.0 Å². The second-order valence-corrected chi connectivity index (χ2v) is 7.52. The van der Waals surface area contributed by atoms with E-state index in [2.05, 4.69) is 15.9 Å². The quantitative estimate of drug-likeness (QED) is 0.770. The lowest BCUT2D eigenvalue weighted by Crippen LogP contribution is -2.40. The minimum Gasteiger partial charge on any atom is -0.495 e. The molecular formula is C13H16BrNO4S. The molecular weight excluding hydrogens is 346 g/mol. The molecule has 0 radical (unpaired) electrons. The number of benzene rings is 1. The Hall–Kier alpha value is -0.920. The van der Waals surface area contributed by atoms with Crippen molar-refractivity contribution < 1.29 is 17.9 Å². The minimum absolute atomic E-state index is 0.126. The Morgan fingerprint density at radius 3 is 2.85 bits per heavy atom. The number of carbonyl (C=O) groups excluding carboxylic acids is 1. The number of ether oxygens (including phenoxy) is 1. The molecule has 0 bridgehead atoms. The van der Waals surface area contributed by atoms with Gasteiger partial charge in [-0.15, -0.1) is 0 Å².